The lowest BCUT2D eigenvalue weighted by Gasteiger charge is -2.27. The molecule has 1 aliphatic carbocycles. The van der Waals surface area contributed by atoms with Crippen LogP contribution in [0, 0.1) is 24.7 Å². The van der Waals surface area contributed by atoms with Crippen LogP contribution in [0.5, 0.6) is 0 Å². The zero-order chi connectivity index (χ0) is 38.7. The molecule has 3 aromatic heterocycles. The zero-order valence-corrected chi connectivity index (χ0v) is 30.9. The largest absolute Gasteiger partial charge is 0.433 e. The number of halogens is 3. The molecule has 3 atom stereocenters. The van der Waals surface area contributed by atoms with Crippen molar-refractivity contribution in [1.29, 1.82) is 0 Å². The Morgan fingerprint density at radius 1 is 1.02 bits per heavy atom. The summed E-state index contributed by atoms with van der Waals surface area (Å²) in [5.41, 5.74) is 1.56. The molecule has 3 amide bonds. The van der Waals surface area contributed by atoms with Gasteiger partial charge in [0.15, 0.2) is 5.78 Å². The van der Waals surface area contributed by atoms with Gasteiger partial charge in [0, 0.05) is 54.7 Å². The van der Waals surface area contributed by atoms with E-state index in [0.29, 0.717) is 41.6 Å². The van der Waals surface area contributed by atoms with Crippen LogP contribution < -0.4 is 10.6 Å². The normalized spacial score (nSPS) is 23.1. The first-order valence-corrected chi connectivity index (χ1v) is 18.2. The minimum absolute atomic E-state index is 0.120. The van der Waals surface area contributed by atoms with Crippen molar-refractivity contribution < 1.29 is 32.3 Å². The van der Waals surface area contributed by atoms with Crippen LogP contribution in [0.1, 0.15) is 92.4 Å². The average Bonchev–Trinajstić information content (AvgIpc) is 3.51. The number of rotatable bonds is 4. The molecule has 0 radical (unpaired) electrons. The van der Waals surface area contributed by atoms with Gasteiger partial charge in [-0.25, -0.2) is 15.0 Å². The molecule has 4 aromatic rings. The van der Waals surface area contributed by atoms with Crippen molar-refractivity contribution in [3.05, 3.63) is 65.0 Å². The number of aromatic nitrogens is 5. The molecule has 5 heterocycles. The first-order chi connectivity index (χ1) is 25.4. The van der Waals surface area contributed by atoms with Crippen LogP contribution in [-0.4, -0.2) is 71.8 Å². The predicted molar refractivity (Wildman–Crippen MR) is 193 cm³/mol. The van der Waals surface area contributed by atoms with Gasteiger partial charge in [0.05, 0.1) is 5.52 Å². The summed E-state index contributed by atoms with van der Waals surface area (Å²) in [7, 11) is 0. The average molecular weight is 745 g/mol. The predicted octanol–water partition coefficient (Wildman–Crippen LogP) is 5.98. The Morgan fingerprint density at radius 3 is 2.46 bits per heavy atom. The Morgan fingerprint density at radius 2 is 1.76 bits per heavy atom. The van der Waals surface area contributed by atoms with Crippen molar-refractivity contribution in [2.24, 2.45) is 10.8 Å². The Hall–Kier alpha value is -5.21. The maximum Gasteiger partial charge on any atom is 0.433 e. The summed E-state index contributed by atoms with van der Waals surface area (Å²) in [6, 6.07) is 4.50. The van der Waals surface area contributed by atoms with E-state index in [9.17, 15) is 32.3 Å². The first-order valence-electron chi connectivity index (χ1n) is 18.2. The number of nitrogens with zero attached hydrogens (tertiary/aromatic N) is 6. The minimum atomic E-state index is -4.72. The molecule has 3 aliphatic rings. The van der Waals surface area contributed by atoms with Gasteiger partial charge in [-0.2, -0.15) is 18.3 Å². The van der Waals surface area contributed by atoms with Crippen molar-refractivity contribution in [2.75, 3.05) is 11.9 Å². The second kappa shape index (κ2) is 13.6. The van der Waals surface area contributed by atoms with Crippen LogP contribution in [-0.2, 0) is 33.5 Å². The summed E-state index contributed by atoms with van der Waals surface area (Å²) in [6.07, 6.45) is 2.75. The summed E-state index contributed by atoms with van der Waals surface area (Å²) in [5, 5.41) is 10.9. The van der Waals surface area contributed by atoms with Gasteiger partial charge < -0.3 is 15.5 Å². The van der Waals surface area contributed by atoms with Gasteiger partial charge in [-0.15, -0.1) is 0 Å². The number of hydrogen-bond acceptors (Lipinski definition) is 8. The van der Waals surface area contributed by atoms with Gasteiger partial charge >= 0.3 is 6.18 Å². The highest BCUT2D eigenvalue weighted by Crippen LogP contribution is 2.59. The van der Waals surface area contributed by atoms with Crippen LogP contribution in [0.15, 0.2) is 36.7 Å². The lowest BCUT2D eigenvalue weighted by molar-refractivity contribution is -0.141. The first kappa shape index (κ1) is 37.1. The Kier molecular flexibility index (Phi) is 9.33. The maximum absolute atomic E-state index is 14.5. The molecule has 2 aliphatic heterocycles. The van der Waals surface area contributed by atoms with Gasteiger partial charge in [-0.1, -0.05) is 26.3 Å². The van der Waals surface area contributed by atoms with Gasteiger partial charge in [0.25, 0.3) is 0 Å². The summed E-state index contributed by atoms with van der Waals surface area (Å²) in [5.74, 6) is -1.14. The minimum Gasteiger partial charge on any atom is -0.355 e. The van der Waals surface area contributed by atoms with Crippen molar-refractivity contribution in [3.8, 4) is 11.1 Å². The molecule has 0 unspecified atom stereocenters. The summed E-state index contributed by atoms with van der Waals surface area (Å²) in [6.45, 7) is 8.83. The van der Waals surface area contributed by atoms with Gasteiger partial charge in [0.1, 0.15) is 35.6 Å². The van der Waals surface area contributed by atoms with E-state index in [-0.39, 0.29) is 48.1 Å². The quantitative estimate of drug-likeness (QED) is 0.242. The Bertz CT molecular complexity index is 2180. The fraction of sp³-hybridized carbons (Fsp3) is 0.487. The molecule has 1 aromatic carbocycles. The SMILES string of the molecule is CC(=O)c1nn2c3c(cc(-c4cnc(C)nc4)cc13)CCCCC(C)(C)CC(=O)NC[C@@]13C[C@@H](C(=O)Nc4nc(C(F)(F)F)ccc4C)N(C(=O)C2)[C@@H]1C3. The molecule has 1 saturated heterocycles. The number of nitrogens with one attached hydrogen (secondary N) is 2. The lowest BCUT2D eigenvalue weighted by Crippen LogP contribution is -2.47. The standard InChI is InChI=1S/C39H43F3N8O4/c1-21-9-10-29(39(40,41)42)46-35(21)47-36(54)28-14-38-15-30(38)50(28)32(53)19-49-34-24(8-6-7-11-37(4,5)16-31(52)45-20-38)12-25(26-17-43-23(3)44-18-26)13-27(34)33(48-49)22(2)51/h9-10,12-13,17-18,28,30H,6-8,11,14-16,19-20H2,1-5H3,(H,45,52)(H,46,47,54)/t28-,30+,38-/m0/s1. The number of hydrogen-bond donors (Lipinski definition) is 2. The van der Waals surface area contributed by atoms with E-state index < -0.39 is 41.2 Å². The van der Waals surface area contributed by atoms with Crippen LogP contribution in [0.2, 0.25) is 0 Å². The molecule has 12 nitrogen and oxygen atoms in total. The van der Waals surface area contributed by atoms with Gasteiger partial charge in [-0.05, 0) is 86.3 Å². The van der Waals surface area contributed by atoms with E-state index in [2.05, 4.69) is 44.5 Å². The van der Waals surface area contributed by atoms with E-state index >= 15 is 0 Å². The summed E-state index contributed by atoms with van der Waals surface area (Å²) in [4.78, 5) is 68.7. The van der Waals surface area contributed by atoms with Crippen molar-refractivity contribution in [3.63, 3.8) is 0 Å². The molecule has 54 heavy (non-hydrogen) atoms. The Labute approximate surface area is 310 Å². The van der Waals surface area contributed by atoms with Crippen molar-refractivity contribution in [2.45, 2.75) is 104 Å². The molecule has 284 valence electrons. The number of alkyl halides is 3. The fourth-order valence-electron chi connectivity index (χ4n) is 8.15. The molecular weight excluding hydrogens is 701 g/mol. The number of piperidine rings is 1. The summed E-state index contributed by atoms with van der Waals surface area (Å²) >= 11 is 0. The second-order valence-corrected chi connectivity index (χ2v) is 15.9. The number of carbonyl (C=O) groups is 4. The third-order valence-electron chi connectivity index (χ3n) is 11.1. The van der Waals surface area contributed by atoms with Gasteiger partial charge in [-0.3, -0.25) is 23.9 Å². The number of aryl methyl sites for hydroxylation is 3. The molecule has 2 fully saturated rings. The number of pyridine rings is 1. The van der Waals surface area contributed by atoms with Crippen LogP contribution in [0.25, 0.3) is 22.0 Å². The molecule has 7 rings (SSSR count). The molecule has 2 bridgehead atoms. The molecular formula is C39H43F3N8O4. The van der Waals surface area contributed by atoms with Crippen molar-refractivity contribution >= 4 is 40.2 Å². The van der Waals surface area contributed by atoms with E-state index in [4.69, 9.17) is 0 Å². The van der Waals surface area contributed by atoms with E-state index in [1.54, 1.807) is 24.0 Å². The highest BCUT2D eigenvalue weighted by molar-refractivity contribution is 6.07. The topological polar surface area (TPSA) is 152 Å². The third kappa shape index (κ3) is 7.19. The second-order valence-electron chi connectivity index (χ2n) is 15.9. The number of anilines is 1. The van der Waals surface area contributed by atoms with Crippen LogP contribution >= 0.6 is 0 Å². The van der Waals surface area contributed by atoms with E-state index in [0.717, 1.165) is 42.0 Å². The molecule has 1 saturated carbocycles. The smallest absolute Gasteiger partial charge is 0.355 e. The number of Topliss-reactive ketones (excluding diaryl/α,β-unsaturated/α-hetero) is 1. The number of carbonyl (C=O) groups excluding carboxylic acids is 4. The number of benzene rings is 1. The monoisotopic (exact) mass is 744 g/mol. The number of ketones is 1. The zero-order valence-electron chi connectivity index (χ0n) is 30.9. The lowest BCUT2D eigenvalue weighted by atomic mass is 9.83. The highest BCUT2D eigenvalue weighted by atomic mass is 19.4. The fourth-order valence-corrected chi connectivity index (χ4v) is 8.15. The number of amides is 3. The van der Waals surface area contributed by atoms with E-state index in [1.165, 1.54) is 24.8 Å². The van der Waals surface area contributed by atoms with Crippen LogP contribution in [0.3, 0.4) is 0 Å². The Balaban J connectivity index is 1.30. The van der Waals surface area contributed by atoms with Gasteiger partial charge in [0.2, 0.25) is 17.7 Å². The van der Waals surface area contributed by atoms with Crippen molar-refractivity contribution in [1.82, 2.24) is 34.9 Å². The molecule has 15 heteroatoms. The maximum atomic E-state index is 14.5. The van der Waals surface area contributed by atoms with E-state index in [1.807, 2.05) is 12.1 Å². The summed E-state index contributed by atoms with van der Waals surface area (Å²) < 4.78 is 42.2. The molecule has 0 spiro atoms. The third-order valence-corrected chi connectivity index (χ3v) is 11.1. The highest BCUT2D eigenvalue weighted by Gasteiger charge is 2.67. The molecule has 2 N–H and O–H groups in total. The van der Waals surface area contributed by atoms with Crippen LogP contribution in [0.4, 0.5) is 19.0 Å².